The van der Waals surface area contributed by atoms with E-state index >= 15 is 0 Å². The normalized spacial score (nSPS) is 11.8. The molecule has 0 N–H and O–H groups in total. The summed E-state index contributed by atoms with van der Waals surface area (Å²) in [5.41, 5.74) is 4.56. The average Bonchev–Trinajstić information content (AvgIpc) is 3.15. The third kappa shape index (κ3) is 2.35. The number of aromatic nitrogens is 5. The Morgan fingerprint density at radius 2 is 2.09 bits per heavy atom. The van der Waals surface area contributed by atoms with Crippen molar-refractivity contribution >= 4 is 16.7 Å². The van der Waals surface area contributed by atoms with Crippen LogP contribution in [0.5, 0.6) is 0 Å². The van der Waals surface area contributed by atoms with Gasteiger partial charge in [0.2, 0.25) is 6.39 Å². The van der Waals surface area contributed by atoms with E-state index in [1.165, 1.54) is 12.0 Å². The molecular weight excluding hydrogens is 292 g/mol. The summed E-state index contributed by atoms with van der Waals surface area (Å²) in [5.74, 6) is 0.406. The van der Waals surface area contributed by atoms with Gasteiger partial charge in [0.25, 0.3) is 5.89 Å². The molecule has 4 heterocycles. The van der Waals surface area contributed by atoms with Crippen LogP contribution in [0.1, 0.15) is 11.3 Å². The lowest BCUT2D eigenvalue weighted by molar-refractivity contribution is 0.397. The van der Waals surface area contributed by atoms with E-state index in [4.69, 9.17) is 9.40 Å². The van der Waals surface area contributed by atoms with Crippen LogP contribution in [0.4, 0.5) is 0 Å². The van der Waals surface area contributed by atoms with Crippen molar-refractivity contribution in [2.75, 3.05) is 14.1 Å². The summed E-state index contributed by atoms with van der Waals surface area (Å²) in [7, 11) is 4.07. The molecule has 0 spiro atoms. The van der Waals surface area contributed by atoms with Crippen molar-refractivity contribution in [3.63, 3.8) is 0 Å². The van der Waals surface area contributed by atoms with Crippen molar-refractivity contribution in [2.24, 2.45) is 0 Å². The highest BCUT2D eigenvalue weighted by Crippen LogP contribution is 2.23. The number of nitrogens with zero attached hydrogens (tertiary/aromatic N) is 6. The van der Waals surface area contributed by atoms with Crippen LogP contribution in [0.3, 0.4) is 0 Å². The fraction of sp³-hybridized carbons (Fsp3) is 0.250. The second-order valence-electron chi connectivity index (χ2n) is 5.84. The Hall–Kier alpha value is -2.80. The highest BCUT2D eigenvalue weighted by molar-refractivity contribution is 5.82. The van der Waals surface area contributed by atoms with Crippen molar-refractivity contribution in [3.05, 3.63) is 42.0 Å². The second kappa shape index (κ2) is 5.13. The van der Waals surface area contributed by atoms with Gasteiger partial charge >= 0.3 is 0 Å². The molecule has 0 unspecified atom stereocenters. The molecule has 4 aromatic heterocycles. The molecule has 0 aliphatic heterocycles. The van der Waals surface area contributed by atoms with Gasteiger partial charge in [0.05, 0.1) is 5.69 Å². The van der Waals surface area contributed by atoms with Crippen molar-refractivity contribution in [2.45, 2.75) is 13.5 Å². The van der Waals surface area contributed by atoms with Gasteiger partial charge < -0.3 is 9.32 Å². The Morgan fingerprint density at radius 3 is 2.83 bits per heavy atom. The van der Waals surface area contributed by atoms with Gasteiger partial charge in [-0.25, -0.2) is 9.97 Å². The average molecular weight is 308 g/mol. The first-order chi connectivity index (χ1) is 11.1. The van der Waals surface area contributed by atoms with E-state index in [9.17, 15) is 0 Å². The van der Waals surface area contributed by atoms with E-state index in [0.29, 0.717) is 11.6 Å². The molecule has 7 nitrogen and oxygen atoms in total. The van der Waals surface area contributed by atoms with Crippen LogP contribution < -0.4 is 0 Å². The van der Waals surface area contributed by atoms with E-state index in [1.54, 1.807) is 0 Å². The third-order valence-electron chi connectivity index (χ3n) is 3.72. The molecule has 0 fully saturated rings. The van der Waals surface area contributed by atoms with Crippen LogP contribution in [0.25, 0.3) is 28.3 Å². The Kier molecular flexibility index (Phi) is 3.09. The highest BCUT2D eigenvalue weighted by atomic mass is 16.4. The van der Waals surface area contributed by atoms with Crippen LogP contribution in [-0.2, 0) is 6.54 Å². The molecule has 0 bridgehead atoms. The molecular formula is C16H16N6O. The molecule has 0 radical (unpaired) electrons. The van der Waals surface area contributed by atoms with Crippen molar-refractivity contribution < 1.29 is 4.42 Å². The summed E-state index contributed by atoms with van der Waals surface area (Å²) < 4.78 is 7.21. The maximum atomic E-state index is 5.24. The van der Waals surface area contributed by atoms with Gasteiger partial charge in [-0.15, -0.1) is 10.2 Å². The minimum atomic E-state index is 0.406. The summed E-state index contributed by atoms with van der Waals surface area (Å²) in [6, 6.07) is 6.16. The number of pyridine rings is 2. The van der Waals surface area contributed by atoms with E-state index in [1.807, 2.05) is 30.8 Å². The Morgan fingerprint density at radius 1 is 1.22 bits per heavy atom. The molecule has 0 saturated carbocycles. The quantitative estimate of drug-likeness (QED) is 0.578. The van der Waals surface area contributed by atoms with Crippen LogP contribution >= 0.6 is 0 Å². The van der Waals surface area contributed by atoms with Crippen molar-refractivity contribution in [3.8, 4) is 11.6 Å². The molecule has 0 aromatic carbocycles. The van der Waals surface area contributed by atoms with Gasteiger partial charge in [-0.05, 0) is 44.8 Å². The second-order valence-corrected chi connectivity index (χ2v) is 5.84. The van der Waals surface area contributed by atoms with Gasteiger partial charge in [0, 0.05) is 18.1 Å². The first-order valence-electron chi connectivity index (χ1n) is 7.31. The summed E-state index contributed by atoms with van der Waals surface area (Å²) in [5, 5.41) is 8.73. The van der Waals surface area contributed by atoms with Crippen molar-refractivity contribution in [1.82, 2.24) is 29.5 Å². The molecule has 0 amide bonds. The van der Waals surface area contributed by atoms with Gasteiger partial charge in [0.15, 0.2) is 0 Å². The molecule has 0 atom stereocenters. The number of aryl methyl sites for hydroxylation is 1. The zero-order valence-electron chi connectivity index (χ0n) is 13.2. The van der Waals surface area contributed by atoms with E-state index in [0.717, 1.165) is 28.9 Å². The lowest BCUT2D eigenvalue weighted by Crippen LogP contribution is -2.12. The van der Waals surface area contributed by atoms with Gasteiger partial charge in [0.1, 0.15) is 17.0 Å². The zero-order valence-corrected chi connectivity index (χ0v) is 13.2. The number of hydrogen-bond acceptors (Lipinski definition) is 6. The summed E-state index contributed by atoms with van der Waals surface area (Å²) in [6.45, 7) is 2.89. The fourth-order valence-electron chi connectivity index (χ4n) is 2.75. The lowest BCUT2D eigenvalue weighted by atomic mass is 10.1. The monoisotopic (exact) mass is 308 g/mol. The summed E-state index contributed by atoms with van der Waals surface area (Å²) in [4.78, 5) is 11.5. The largest absolute Gasteiger partial charge is 0.422 e. The van der Waals surface area contributed by atoms with Crippen LogP contribution in [0.2, 0.25) is 0 Å². The SMILES string of the molecule is Cc1cc(CN(C)C)nc2c1ccc1nc(-c3nnco3)cn12. The maximum Gasteiger partial charge on any atom is 0.267 e. The van der Waals surface area contributed by atoms with Crippen LogP contribution in [0, 0.1) is 6.92 Å². The third-order valence-corrected chi connectivity index (χ3v) is 3.72. The van der Waals surface area contributed by atoms with E-state index in [2.05, 4.69) is 39.1 Å². The number of fused-ring (bicyclic) bond motifs is 3. The van der Waals surface area contributed by atoms with Crippen LogP contribution in [0.15, 0.2) is 35.2 Å². The Labute approximate surface area is 132 Å². The Bertz CT molecular complexity index is 987. The summed E-state index contributed by atoms with van der Waals surface area (Å²) >= 11 is 0. The van der Waals surface area contributed by atoms with Crippen molar-refractivity contribution in [1.29, 1.82) is 0 Å². The smallest absolute Gasteiger partial charge is 0.267 e. The maximum absolute atomic E-state index is 5.24. The Balaban J connectivity index is 1.97. The topological polar surface area (TPSA) is 72.3 Å². The highest BCUT2D eigenvalue weighted by Gasteiger charge is 2.13. The molecule has 4 aromatic rings. The van der Waals surface area contributed by atoms with Gasteiger partial charge in [-0.1, -0.05) is 0 Å². The predicted molar refractivity (Wildman–Crippen MR) is 85.9 cm³/mol. The van der Waals surface area contributed by atoms with Gasteiger partial charge in [-0.3, -0.25) is 4.40 Å². The van der Waals surface area contributed by atoms with Gasteiger partial charge in [-0.2, -0.15) is 0 Å². The lowest BCUT2D eigenvalue weighted by Gasteiger charge is -2.12. The number of imidazole rings is 1. The number of rotatable bonds is 3. The zero-order chi connectivity index (χ0) is 16.0. The minimum Gasteiger partial charge on any atom is -0.422 e. The molecule has 23 heavy (non-hydrogen) atoms. The summed E-state index contributed by atoms with van der Waals surface area (Å²) in [6.07, 6.45) is 3.19. The number of hydrogen-bond donors (Lipinski definition) is 0. The molecule has 0 aliphatic carbocycles. The first-order valence-corrected chi connectivity index (χ1v) is 7.31. The predicted octanol–water partition coefficient (Wildman–Crippen LogP) is 2.30. The minimum absolute atomic E-state index is 0.406. The molecule has 116 valence electrons. The van der Waals surface area contributed by atoms with E-state index < -0.39 is 0 Å². The molecule has 4 rings (SSSR count). The molecule has 0 saturated heterocycles. The standard InChI is InChI=1S/C16H16N6O/c1-10-6-11(7-21(2)3)18-15-12(10)4-5-14-19-13(8-22(14)15)16-20-17-9-23-16/h4-6,8-9H,7H2,1-3H3. The van der Waals surface area contributed by atoms with E-state index in [-0.39, 0.29) is 0 Å². The first kappa shape index (κ1) is 13.8. The van der Waals surface area contributed by atoms with Crippen LogP contribution in [-0.4, -0.2) is 43.6 Å². The fourth-order valence-corrected chi connectivity index (χ4v) is 2.75. The molecule has 0 aliphatic rings. The molecule has 7 heteroatoms.